The van der Waals surface area contributed by atoms with E-state index in [-0.39, 0.29) is 11.4 Å². The summed E-state index contributed by atoms with van der Waals surface area (Å²) in [4.78, 5) is 16.7. The first-order valence-electron chi connectivity index (χ1n) is 5.84. The molecule has 1 aromatic heterocycles. The molecule has 1 aromatic carbocycles. The minimum absolute atomic E-state index is 0.124. The van der Waals surface area contributed by atoms with Crippen molar-refractivity contribution in [3.63, 3.8) is 0 Å². The van der Waals surface area contributed by atoms with Gasteiger partial charge in [-0.3, -0.25) is 0 Å². The second-order valence-electron chi connectivity index (χ2n) is 3.93. The van der Waals surface area contributed by atoms with Crippen LogP contribution in [0.5, 0.6) is 0 Å². The number of aromatic nitrogens is 1. The fourth-order valence-electron chi connectivity index (χ4n) is 1.79. The van der Waals surface area contributed by atoms with Crippen molar-refractivity contribution in [2.75, 3.05) is 11.4 Å². The molecule has 1 heterocycles. The van der Waals surface area contributed by atoms with Crippen LogP contribution >= 0.6 is 0 Å². The highest BCUT2D eigenvalue weighted by atomic mass is 19.1. The summed E-state index contributed by atoms with van der Waals surface area (Å²) in [5.41, 5.74) is 0.803. The number of pyridine rings is 1. The largest absolute Gasteiger partial charge is 0.478 e. The molecule has 0 saturated carbocycles. The highest BCUT2D eigenvalue weighted by Gasteiger charge is 2.10. The van der Waals surface area contributed by atoms with Crippen LogP contribution in [0.4, 0.5) is 15.9 Å². The van der Waals surface area contributed by atoms with Crippen LogP contribution in [0.3, 0.4) is 0 Å². The number of hydrogen-bond donors (Lipinski definition) is 1. The van der Waals surface area contributed by atoms with Crippen LogP contribution in [0.2, 0.25) is 0 Å². The van der Waals surface area contributed by atoms with Crippen molar-refractivity contribution in [3.8, 4) is 0 Å². The van der Waals surface area contributed by atoms with E-state index in [1.54, 1.807) is 23.1 Å². The van der Waals surface area contributed by atoms with Crippen LogP contribution in [0.1, 0.15) is 17.3 Å². The zero-order valence-electron chi connectivity index (χ0n) is 10.4. The molecule has 0 atom stereocenters. The summed E-state index contributed by atoms with van der Waals surface area (Å²) in [6.45, 7) is 2.51. The Labute approximate surface area is 110 Å². The second kappa shape index (κ2) is 5.48. The normalized spacial score (nSPS) is 10.2. The lowest BCUT2D eigenvalue weighted by molar-refractivity contribution is 0.0696. The van der Waals surface area contributed by atoms with Gasteiger partial charge in [-0.05, 0) is 37.3 Å². The van der Waals surface area contributed by atoms with Gasteiger partial charge in [0.2, 0.25) is 0 Å². The summed E-state index contributed by atoms with van der Waals surface area (Å²) in [5.74, 6) is -0.760. The molecule has 0 amide bonds. The average molecular weight is 260 g/mol. The third-order valence-electron chi connectivity index (χ3n) is 2.71. The Hall–Kier alpha value is -2.43. The fraction of sp³-hybridized carbons (Fsp3) is 0.143. The van der Waals surface area contributed by atoms with Gasteiger partial charge in [0.05, 0.1) is 5.56 Å². The lowest BCUT2D eigenvalue weighted by atomic mass is 10.2. The van der Waals surface area contributed by atoms with Gasteiger partial charge in [-0.1, -0.05) is 6.07 Å². The third kappa shape index (κ3) is 2.88. The van der Waals surface area contributed by atoms with Crippen LogP contribution in [0.25, 0.3) is 0 Å². The van der Waals surface area contributed by atoms with E-state index in [0.717, 1.165) is 0 Å². The molecule has 2 aromatic rings. The Morgan fingerprint density at radius 1 is 1.37 bits per heavy atom. The van der Waals surface area contributed by atoms with Crippen molar-refractivity contribution in [1.29, 1.82) is 0 Å². The number of rotatable bonds is 4. The zero-order chi connectivity index (χ0) is 13.8. The summed E-state index contributed by atoms with van der Waals surface area (Å²) < 4.78 is 13.2. The Bertz CT molecular complexity index is 584. The minimum atomic E-state index is -1.02. The van der Waals surface area contributed by atoms with E-state index in [0.29, 0.717) is 18.1 Å². The Morgan fingerprint density at radius 2 is 2.16 bits per heavy atom. The zero-order valence-corrected chi connectivity index (χ0v) is 10.4. The first-order chi connectivity index (χ1) is 9.11. The first kappa shape index (κ1) is 13.0. The number of carbonyl (C=O) groups is 1. The van der Waals surface area contributed by atoms with Gasteiger partial charge in [-0.2, -0.15) is 0 Å². The van der Waals surface area contributed by atoms with Gasteiger partial charge in [0.1, 0.15) is 11.6 Å². The molecule has 0 saturated heterocycles. The van der Waals surface area contributed by atoms with Gasteiger partial charge in [0, 0.05) is 18.4 Å². The van der Waals surface area contributed by atoms with Crippen molar-refractivity contribution < 1.29 is 14.3 Å². The van der Waals surface area contributed by atoms with Gasteiger partial charge in [-0.25, -0.2) is 14.2 Å². The molecule has 0 spiro atoms. The number of nitrogens with zero attached hydrogens (tertiary/aromatic N) is 2. The molecule has 0 unspecified atom stereocenters. The van der Waals surface area contributed by atoms with Crippen LogP contribution in [0, 0.1) is 5.82 Å². The Kier molecular flexibility index (Phi) is 3.75. The maximum absolute atomic E-state index is 13.2. The molecule has 0 fully saturated rings. The molecule has 0 aliphatic carbocycles. The van der Waals surface area contributed by atoms with Crippen LogP contribution in [-0.4, -0.2) is 22.6 Å². The van der Waals surface area contributed by atoms with Crippen molar-refractivity contribution in [1.82, 2.24) is 4.98 Å². The number of hydrogen-bond acceptors (Lipinski definition) is 3. The molecule has 0 radical (unpaired) electrons. The second-order valence-corrected chi connectivity index (χ2v) is 3.93. The minimum Gasteiger partial charge on any atom is -0.478 e. The molecule has 2 rings (SSSR count). The number of carboxylic acids is 1. The predicted molar refractivity (Wildman–Crippen MR) is 70.3 cm³/mol. The fourth-order valence-corrected chi connectivity index (χ4v) is 1.79. The van der Waals surface area contributed by atoms with E-state index < -0.39 is 5.97 Å². The van der Waals surface area contributed by atoms with Crippen molar-refractivity contribution >= 4 is 17.5 Å². The lowest BCUT2D eigenvalue weighted by Crippen LogP contribution is -2.17. The average Bonchev–Trinajstić information content (AvgIpc) is 2.40. The molecule has 19 heavy (non-hydrogen) atoms. The maximum atomic E-state index is 13.2. The van der Waals surface area contributed by atoms with Crippen LogP contribution in [-0.2, 0) is 0 Å². The van der Waals surface area contributed by atoms with E-state index in [1.165, 1.54) is 24.4 Å². The Morgan fingerprint density at radius 3 is 2.68 bits per heavy atom. The van der Waals surface area contributed by atoms with Gasteiger partial charge in [-0.15, -0.1) is 0 Å². The van der Waals surface area contributed by atoms with E-state index in [9.17, 15) is 9.18 Å². The predicted octanol–water partition coefficient (Wildman–Crippen LogP) is 3.08. The smallest absolute Gasteiger partial charge is 0.337 e. The number of anilines is 2. The summed E-state index contributed by atoms with van der Waals surface area (Å²) >= 11 is 0. The van der Waals surface area contributed by atoms with E-state index in [4.69, 9.17) is 5.11 Å². The van der Waals surface area contributed by atoms with Crippen molar-refractivity contribution in [3.05, 3.63) is 54.0 Å². The number of halogens is 1. The SMILES string of the molecule is CCN(c1cccc(F)c1)c1ccc(C(=O)O)cn1. The third-order valence-corrected chi connectivity index (χ3v) is 2.71. The van der Waals surface area contributed by atoms with Gasteiger partial charge in [0.15, 0.2) is 0 Å². The molecular formula is C14H13FN2O2. The molecule has 0 bridgehead atoms. The van der Waals surface area contributed by atoms with Crippen LogP contribution < -0.4 is 4.90 Å². The summed E-state index contributed by atoms with van der Waals surface area (Å²) in [5, 5.41) is 8.82. The highest BCUT2D eigenvalue weighted by molar-refractivity contribution is 5.87. The molecule has 1 N–H and O–H groups in total. The molecule has 0 aliphatic heterocycles. The van der Waals surface area contributed by atoms with Crippen LogP contribution in [0.15, 0.2) is 42.6 Å². The van der Waals surface area contributed by atoms with Crippen molar-refractivity contribution in [2.45, 2.75) is 6.92 Å². The molecule has 4 nitrogen and oxygen atoms in total. The molecular weight excluding hydrogens is 247 g/mol. The number of benzene rings is 1. The molecule has 5 heteroatoms. The number of carboxylic acid groups (broad SMARTS) is 1. The molecule has 98 valence electrons. The monoisotopic (exact) mass is 260 g/mol. The quantitative estimate of drug-likeness (QED) is 0.917. The van der Waals surface area contributed by atoms with E-state index in [2.05, 4.69) is 4.98 Å². The first-order valence-corrected chi connectivity index (χ1v) is 5.84. The Balaban J connectivity index is 2.34. The summed E-state index contributed by atoms with van der Waals surface area (Å²) in [6, 6.07) is 9.28. The lowest BCUT2D eigenvalue weighted by Gasteiger charge is -2.22. The maximum Gasteiger partial charge on any atom is 0.337 e. The standard InChI is InChI=1S/C14H13FN2O2/c1-2-17(12-5-3-4-11(15)8-12)13-7-6-10(9-16-13)14(18)19/h3-9H,2H2,1H3,(H,18,19). The number of aromatic carboxylic acids is 1. The summed E-state index contributed by atoms with van der Waals surface area (Å²) in [6.07, 6.45) is 1.29. The highest BCUT2D eigenvalue weighted by Crippen LogP contribution is 2.23. The topological polar surface area (TPSA) is 53.4 Å². The van der Waals surface area contributed by atoms with Gasteiger partial charge < -0.3 is 10.0 Å². The summed E-state index contributed by atoms with van der Waals surface area (Å²) in [7, 11) is 0. The molecule has 0 aliphatic rings. The van der Waals surface area contributed by atoms with E-state index >= 15 is 0 Å². The van der Waals surface area contributed by atoms with E-state index in [1.807, 2.05) is 6.92 Å². The van der Waals surface area contributed by atoms with Crippen molar-refractivity contribution in [2.24, 2.45) is 0 Å². The van der Waals surface area contributed by atoms with Gasteiger partial charge in [0.25, 0.3) is 0 Å². The van der Waals surface area contributed by atoms with Gasteiger partial charge >= 0.3 is 5.97 Å².